The minimum atomic E-state index is 0.548. The summed E-state index contributed by atoms with van der Waals surface area (Å²) in [5.74, 6) is 0.809. The molecule has 110 valence electrons. The van der Waals surface area contributed by atoms with Crippen molar-refractivity contribution in [2.75, 3.05) is 0 Å². The Kier molecular flexibility index (Phi) is 5.83. The van der Waals surface area contributed by atoms with Gasteiger partial charge in [-0.2, -0.15) is 0 Å². The average Bonchev–Trinajstić information content (AvgIpc) is 2.56. The van der Waals surface area contributed by atoms with Crippen molar-refractivity contribution in [2.45, 2.75) is 32.8 Å². The van der Waals surface area contributed by atoms with Crippen LogP contribution in [0.1, 0.15) is 37.3 Å². The molecule has 0 spiro atoms. The van der Waals surface area contributed by atoms with Gasteiger partial charge in [0.15, 0.2) is 5.71 Å². The van der Waals surface area contributed by atoms with Gasteiger partial charge in [-0.1, -0.05) is 43.7 Å². The molecule has 21 heavy (non-hydrogen) atoms. The molecule has 0 aliphatic carbocycles. The third-order valence-corrected chi connectivity index (χ3v) is 3.35. The van der Waals surface area contributed by atoms with Gasteiger partial charge < -0.3 is 9.94 Å². The molecule has 0 heterocycles. The van der Waals surface area contributed by atoms with E-state index in [1.807, 2.05) is 54.6 Å². The number of benzene rings is 2. The first-order valence-corrected chi connectivity index (χ1v) is 7.34. The van der Waals surface area contributed by atoms with Crippen LogP contribution in [-0.2, 0) is 6.61 Å². The van der Waals surface area contributed by atoms with Gasteiger partial charge in [-0.25, -0.2) is 5.16 Å². The van der Waals surface area contributed by atoms with Gasteiger partial charge in [-0.15, -0.1) is 0 Å². The summed E-state index contributed by atoms with van der Waals surface area (Å²) in [6, 6.07) is 17.7. The fraction of sp³-hybridized carbons (Fsp3) is 0.278. The van der Waals surface area contributed by atoms with Gasteiger partial charge in [0.1, 0.15) is 12.4 Å². The van der Waals surface area contributed by atoms with E-state index in [0.717, 1.165) is 41.9 Å². The van der Waals surface area contributed by atoms with Crippen molar-refractivity contribution in [3.8, 4) is 5.75 Å². The van der Waals surface area contributed by atoms with E-state index in [0.29, 0.717) is 6.61 Å². The van der Waals surface area contributed by atoms with Crippen LogP contribution in [0.2, 0.25) is 0 Å². The third kappa shape index (κ3) is 4.63. The molecule has 0 atom stereocenters. The summed E-state index contributed by atoms with van der Waals surface area (Å²) in [5.41, 5.74) is 2.81. The van der Waals surface area contributed by atoms with Gasteiger partial charge in [-0.3, -0.25) is 0 Å². The predicted octanol–water partition coefficient (Wildman–Crippen LogP) is 2.82. The van der Waals surface area contributed by atoms with Crippen LogP contribution in [0.25, 0.3) is 0 Å². The molecule has 0 aliphatic rings. The summed E-state index contributed by atoms with van der Waals surface area (Å²) in [6.07, 6.45) is 2.87. The largest absolute Gasteiger partial charge is 0.625 e. The number of hydrogen-bond donors (Lipinski definition) is 1. The van der Waals surface area contributed by atoms with Crippen LogP contribution >= 0.6 is 0 Å². The standard InChI is InChI=1S/C18H21NO2/c1-2-3-9-18(19-20)16-10-12-17(13-11-16)21-14-15-7-5-4-6-8-15/h4-8,10-13,19H,2-3,9,14H2,1H3. The normalized spacial score (nSPS) is 11.4. The Morgan fingerprint density at radius 3 is 2.38 bits per heavy atom. The van der Waals surface area contributed by atoms with E-state index in [1.165, 1.54) is 0 Å². The summed E-state index contributed by atoms with van der Waals surface area (Å²) >= 11 is 0. The average molecular weight is 283 g/mol. The third-order valence-electron chi connectivity index (χ3n) is 3.35. The Balaban J connectivity index is 1.95. The molecule has 3 heteroatoms. The van der Waals surface area contributed by atoms with Gasteiger partial charge in [0.25, 0.3) is 0 Å². The highest BCUT2D eigenvalue weighted by Gasteiger charge is 2.07. The molecule has 2 rings (SSSR count). The molecule has 3 nitrogen and oxygen atoms in total. The van der Waals surface area contributed by atoms with Gasteiger partial charge in [0.05, 0.1) is 0 Å². The van der Waals surface area contributed by atoms with Crippen molar-refractivity contribution in [2.24, 2.45) is 0 Å². The maximum absolute atomic E-state index is 11.0. The van der Waals surface area contributed by atoms with Crippen LogP contribution in [0.15, 0.2) is 54.6 Å². The molecule has 0 bridgehead atoms. The Morgan fingerprint density at radius 1 is 1.05 bits per heavy atom. The summed E-state index contributed by atoms with van der Waals surface area (Å²) in [4.78, 5) is 0. The molecule has 0 aromatic heterocycles. The molecule has 1 N–H and O–H groups in total. The lowest BCUT2D eigenvalue weighted by Gasteiger charge is -2.07. The maximum Gasteiger partial charge on any atom is 0.192 e. The van der Waals surface area contributed by atoms with Gasteiger partial charge in [-0.05, 0) is 36.2 Å². The Hall–Kier alpha value is -2.29. The first-order valence-electron chi connectivity index (χ1n) is 7.34. The Morgan fingerprint density at radius 2 is 1.76 bits per heavy atom. The number of rotatable bonds is 7. The molecule has 0 saturated carbocycles. The van der Waals surface area contributed by atoms with E-state index in [2.05, 4.69) is 12.1 Å². The number of hydrogen-bond acceptors (Lipinski definition) is 2. The first kappa shape index (κ1) is 15.1. The van der Waals surface area contributed by atoms with Crippen LogP contribution in [0.5, 0.6) is 5.75 Å². The molecule has 2 aromatic carbocycles. The van der Waals surface area contributed by atoms with Crippen molar-refractivity contribution in [3.63, 3.8) is 0 Å². The minimum Gasteiger partial charge on any atom is -0.625 e. The van der Waals surface area contributed by atoms with Crippen LogP contribution < -0.4 is 9.89 Å². The molecule has 2 aromatic rings. The second kappa shape index (κ2) is 8.10. The zero-order valence-corrected chi connectivity index (χ0v) is 12.3. The van der Waals surface area contributed by atoms with Crippen LogP contribution in [0.4, 0.5) is 0 Å². The lowest BCUT2D eigenvalue weighted by atomic mass is 10.0. The zero-order valence-electron chi connectivity index (χ0n) is 12.3. The summed E-state index contributed by atoms with van der Waals surface area (Å²) in [6.45, 7) is 2.66. The van der Waals surface area contributed by atoms with E-state index in [1.54, 1.807) is 0 Å². The summed E-state index contributed by atoms with van der Waals surface area (Å²) in [5, 5.41) is 13.1. The predicted molar refractivity (Wildman–Crippen MR) is 85.2 cm³/mol. The summed E-state index contributed by atoms with van der Waals surface area (Å²) in [7, 11) is 0. The monoisotopic (exact) mass is 283 g/mol. The van der Waals surface area contributed by atoms with Crippen molar-refractivity contribution in [1.29, 1.82) is 0 Å². The summed E-state index contributed by atoms with van der Waals surface area (Å²) < 4.78 is 5.73. The second-order valence-corrected chi connectivity index (χ2v) is 4.98. The molecule has 0 amide bonds. The Labute approximate surface area is 125 Å². The first-order chi connectivity index (χ1) is 10.3. The van der Waals surface area contributed by atoms with Crippen LogP contribution in [0.3, 0.4) is 0 Å². The lowest BCUT2D eigenvalue weighted by Crippen LogP contribution is -2.65. The molecule has 0 fully saturated rings. The van der Waals surface area contributed by atoms with Crippen LogP contribution in [-0.4, -0.2) is 5.71 Å². The molecular weight excluding hydrogens is 262 g/mol. The number of ether oxygens (including phenoxy) is 1. The lowest BCUT2D eigenvalue weighted by molar-refractivity contribution is -0.374. The zero-order chi connectivity index (χ0) is 14.9. The molecule has 0 radical (unpaired) electrons. The minimum absolute atomic E-state index is 0.548. The number of nitrogens with one attached hydrogen (secondary N) is 1. The molecular formula is C18H21NO2. The highest BCUT2D eigenvalue weighted by Crippen LogP contribution is 2.15. The van der Waals surface area contributed by atoms with E-state index in [-0.39, 0.29) is 0 Å². The van der Waals surface area contributed by atoms with E-state index < -0.39 is 0 Å². The van der Waals surface area contributed by atoms with E-state index in [9.17, 15) is 5.21 Å². The maximum atomic E-state index is 11.0. The second-order valence-electron chi connectivity index (χ2n) is 4.98. The molecule has 0 unspecified atom stereocenters. The van der Waals surface area contributed by atoms with Gasteiger partial charge in [0, 0.05) is 12.0 Å². The van der Waals surface area contributed by atoms with Crippen molar-refractivity contribution >= 4 is 5.71 Å². The van der Waals surface area contributed by atoms with Gasteiger partial charge >= 0.3 is 0 Å². The van der Waals surface area contributed by atoms with Crippen molar-refractivity contribution in [3.05, 3.63) is 70.9 Å². The molecule has 0 saturated heterocycles. The fourth-order valence-electron chi connectivity index (χ4n) is 2.10. The smallest absolute Gasteiger partial charge is 0.192 e. The van der Waals surface area contributed by atoms with E-state index in [4.69, 9.17) is 4.74 Å². The van der Waals surface area contributed by atoms with Crippen LogP contribution in [0, 0.1) is 5.21 Å². The van der Waals surface area contributed by atoms with Crippen molar-refractivity contribution in [1.82, 2.24) is 0 Å². The van der Waals surface area contributed by atoms with E-state index >= 15 is 0 Å². The SMILES string of the molecule is CCCCC(=[NH+][O-])c1ccc(OCc2ccccc2)cc1. The Bertz CT molecular complexity index is 562. The molecule has 0 aliphatic heterocycles. The quantitative estimate of drug-likeness (QED) is 0.482. The highest BCUT2D eigenvalue weighted by molar-refractivity contribution is 5.96. The highest BCUT2D eigenvalue weighted by atomic mass is 16.5. The van der Waals surface area contributed by atoms with Crippen molar-refractivity contribution < 1.29 is 9.89 Å². The topological polar surface area (TPSA) is 46.3 Å². The number of unbranched alkanes of at least 4 members (excludes halogenated alkanes) is 1. The van der Waals surface area contributed by atoms with Gasteiger partial charge in [0.2, 0.25) is 0 Å². The fourth-order valence-corrected chi connectivity index (χ4v) is 2.10.